The zero-order chi connectivity index (χ0) is 10.6. The van der Waals surface area contributed by atoms with Gasteiger partial charge in [-0.2, -0.15) is 0 Å². The number of carbonyl (C=O) groups excluding carboxylic acids is 1. The number of hydrogen-bond donors (Lipinski definition) is 3. The predicted octanol–water partition coefficient (Wildman–Crippen LogP) is 0.779. The number of rotatable bonds is 3. The van der Waals surface area contributed by atoms with Gasteiger partial charge < -0.3 is 10.2 Å². The molecule has 0 aliphatic heterocycles. The van der Waals surface area contributed by atoms with Crippen LogP contribution in [0.5, 0.6) is 11.5 Å². The lowest BCUT2D eigenvalue weighted by atomic mass is 10.2. The fourth-order valence-electron chi connectivity index (χ4n) is 0.905. The molecule has 0 radical (unpaired) electrons. The Kier molecular flexibility index (Phi) is 3.30. The lowest BCUT2D eigenvalue weighted by Gasteiger charge is -2.05. The van der Waals surface area contributed by atoms with Crippen LogP contribution in [0.3, 0.4) is 0 Å². The minimum atomic E-state index is -0.552. The van der Waals surface area contributed by atoms with Gasteiger partial charge in [0.1, 0.15) is 11.5 Å². The summed E-state index contributed by atoms with van der Waals surface area (Å²) >= 11 is 0. The quantitative estimate of drug-likeness (QED) is 0.625. The number of aromatic hydroxyl groups is 2. The molecule has 0 aliphatic carbocycles. The van der Waals surface area contributed by atoms with E-state index in [-0.39, 0.29) is 17.1 Å². The van der Waals surface area contributed by atoms with E-state index in [1.54, 1.807) is 6.92 Å². The molecule has 5 heteroatoms. The van der Waals surface area contributed by atoms with Crippen molar-refractivity contribution in [3.63, 3.8) is 0 Å². The molecule has 0 fully saturated rings. The molecule has 0 aromatic heterocycles. The van der Waals surface area contributed by atoms with E-state index in [1.165, 1.54) is 12.1 Å². The second-order valence-electron chi connectivity index (χ2n) is 2.57. The maximum absolute atomic E-state index is 11.3. The number of carbonyl (C=O) groups is 1. The lowest BCUT2D eigenvalue weighted by Crippen LogP contribution is -2.23. The predicted molar refractivity (Wildman–Crippen MR) is 48.9 cm³/mol. The Balaban J connectivity index is 2.80. The van der Waals surface area contributed by atoms with Crippen LogP contribution in [0.25, 0.3) is 0 Å². The lowest BCUT2D eigenvalue weighted by molar-refractivity contribution is 0.0362. The highest BCUT2D eigenvalue weighted by atomic mass is 16.6. The number of benzene rings is 1. The fourth-order valence-corrected chi connectivity index (χ4v) is 0.905. The Labute approximate surface area is 80.9 Å². The maximum atomic E-state index is 11.3. The van der Waals surface area contributed by atoms with Crippen LogP contribution in [0.4, 0.5) is 0 Å². The Morgan fingerprint density at radius 2 is 2.21 bits per heavy atom. The Morgan fingerprint density at radius 3 is 2.79 bits per heavy atom. The standard InChI is InChI=1S/C9H11NO4/c1-2-14-10-9(13)7-4-3-6(11)5-8(7)12/h3-5,11-12H,2H2,1H3,(H,10,13). The largest absolute Gasteiger partial charge is 0.508 e. The molecule has 5 nitrogen and oxygen atoms in total. The molecule has 1 aromatic carbocycles. The van der Waals surface area contributed by atoms with Crippen molar-refractivity contribution in [2.24, 2.45) is 0 Å². The fraction of sp³-hybridized carbons (Fsp3) is 0.222. The van der Waals surface area contributed by atoms with Crippen LogP contribution < -0.4 is 5.48 Å². The second-order valence-corrected chi connectivity index (χ2v) is 2.57. The van der Waals surface area contributed by atoms with Crippen LogP contribution in [0.15, 0.2) is 18.2 Å². The summed E-state index contributed by atoms with van der Waals surface area (Å²) in [7, 11) is 0. The molecule has 0 saturated carbocycles. The summed E-state index contributed by atoms with van der Waals surface area (Å²) in [6, 6.07) is 3.69. The number of hydrogen-bond acceptors (Lipinski definition) is 4. The first kappa shape index (κ1) is 10.3. The molecule has 1 rings (SSSR count). The van der Waals surface area contributed by atoms with E-state index < -0.39 is 5.91 Å². The van der Waals surface area contributed by atoms with E-state index in [2.05, 4.69) is 10.3 Å². The van der Waals surface area contributed by atoms with Gasteiger partial charge in [0.2, 0.25) is 0 Å². The first-order valence-corrected chi connectivity index (χ1v) is 4.09. The van der Waals surface area contributed by atoms with Crippen molar-refractivity contribution in [3.8, 4) is 11.5 Å². The van der Waals surface area contributed by atoms with Crippen molar-refractivity contribution in [3.05, 3.63) is 23.8 Å². The number of phenolic OH excluding ortho intramolecular Hbond substituents is 2. The van der Waals surface area contributed by atoms with Crippen LogP contribution >= 0.6 is 0 Å². The van der Waals surface area contributed by atoms with Crippen molar-refractivity contribution in [2.75, 3.05) is 6.61 Å². The first-order valence-electron chi connectivity index (χ1n) is 4.09. The number of hydroxylamine groups is 1. The monoisotopic (exact) mass is 197 g/mol. The van der Waals surface area contributed by atoms with Gasteiger partial charge in [-0.3, -0.25) is 9.63 Å². The minimum absolute atomic E-state index is 0.0521. The molecule has 1 aromatic rings. The summed E-state index contributed by atoms with van der Waals surface area (Å²) in [5.74, 6) is -0.943. The van der Waals surface area contributed by atoms with E-state index in [1.807, 2.05) is 0 Å². The molecule has 3 N–H and O–H groups in total. The highest BCUT2D eigenvalue weighted by Gasteiger charge is 2.10. The minimum Gasteiger partial charge on any atom is -0.508 e. The van der Waals surface area contributed by atoms with Gasteiger partial charge in [0.15, 0.2) is 0 Å². The van der Waals surface area contributed by atoms with Crippen molar-refractivity contribution >= 4 is 5.91 Å². The van der Waals surface area contributed by atoms with Gasteiger partial charge in [-0.1, -0.05) is 0 Å². The highest BCUT2D eigenvalue weighted by molar-refractivity contribution is 5.96. The van der Waals surface area contributed by atoms with Gasteiger partial charge >= 0.3 is 0 Å². The van der Waals surface area contributed by atoms with Crippen LogP contribution in [0.1, 0.15) is 17.3 Å². The van der Waals surface area contributed by atoms with Crippen LogP contribution in [0, 0.1) is 0 Å². The number of phenols is 2. The summed E-state index contributed by atoms with van der Waals surface area (Å²) in [6.45, 7) is 2.06. The highest BCUT2D eigenvalue weighted by Crippen LogP contribution is 2.22. The van der Waals surface area contributed by atoms with E-state index in [0.29, 0.717) is 6.61 Å². The van der Waals surface area contributed by atoms with Crippen molar-refractivity contribution in [1.82, 2.24) is 5.48 Å². The summed E-state index contributed by atoms with van der Waals surface area (Å²) in [5.41, 5.74) is 2.18. The smallest absolute Gasteiger partial charge is 0.278 e. The summed E-state index contributed by atoms with van der Waals surface area (Å²) in [6.07, 6.45) is 0. The average Bonchev–Trinajstić information content (AvgIpc) is 2.14. The Bertz CT molecular complexity index is 338. The van der Waals surface area contributed by atoms with E-state index >= 15 is 0 Å². The third-order valence-corrected chi connectivity index (χ3v) is 1.54. The van der Waals surface area contributed by atoms with Crippen LogP contribution in [-0.4, -0.2) is 22.7 Å². The molecule has 1 amide bonds. The molecular weight excluding hydrogens is 186 g/mol. The topological polar surface area (TPSA) is 78.8 Å². The van der Waals surface area contributed by atoms with Gasteiger partial charge in [0.05, 0.1) is 12.2 Å². The molecule has 14 heavy (non-hydrogen) atoms. The molecule has 0 aliphatic rings. The Hall–Kier alpha value is -1.75. The molecule has 0 saturated heterocycles. The summed E-state index contributed by atoms with van der Waals surface area (Å²) < 4.78 is 0. The molecule has 0 unspecified atom stereocenters. The summed E-state index contributed by atoms with van der Waals surface area (Å²) in [4.78, 5) is 15.9. The Morgan fingerprint density at radius 1 is 1.50 bits per heavy atom. The zero-order valence-electron chi connectivity index (χ0n) is 7.65. The van der Waals surface area contributed by atoms with Gasteiger partial charge in [0.25, 0.3) is 5.91 Å². The molecular formula is C9H11NO4. The SMILES string of the molecule is CCONC(=O)c1ccc(O)cc1O. The molecule has 76 valence electrons. The van der Waals surface area contributed by atoms with E-state index in [9.17, 15) is 9.90 Å². The number of amides is 1. The molecule has 0 heterocycles. The average molecular weight is 197 g/mol. The van der Waals surface area contributed by atoms with Crippen molar-refractivity contribution < 1.29 is 19.8 Å². The molecule has 0 bridgehead atoms. The second kappa shape index (κ2) is 4.48. The normalized spacial score (nSPS) is 9.79. The summed E-state index contributed by atoms with van der Waals surface area (Å²) in [5, 5.41) is 18.3. The van der Waals surface area contributed by atoms with Crippen LogP contribution in [0.2, 0.25) is 0 Å². The number of nitrogens with one attached hydrogen (secondary N) is 1. The third-order valence-electron chi connectivity index (χ3n) is 1.54. The first-order chi connectivity index (χ1) is 6.65. The van der Waals surface area contributed by atoms with Gasteiger partial charge in [-0.15, -0.1) is 0 Å². The molecule has 0 spiro atoms. The van der Waals surface area contributed by atoms with E-state index in [4.69, 9.17) is 5.11 Å². The van der Waals surface area contributed by atoms with E-state index in [0.717, 1.165) is 6.07 Å². The molecule has 0 atom stereocenters. The van der Waals surface area contributed by atoms with Crippen LogP contribution in [-0.2, 0) is 4.84 Å². The maximum Gasteiger partial charge on any atom is 0.278 e. The van der Waals surface area contributed by atoms with Gasteiger partial charge in [0, 0.05) is 6.07 Å². The van der Waals surface area contributed by atoms with Gasteiger partial charge in [-0.25, -0.2) is 5.48 Å². The van der Waals surface area contributed by atoms with Crippen molar-refractivity contribution in [2.45, 2.75) is 6.92 Å². The van der Waals surface area contributed by atoms with Crippen molar-refractivity contribution in [1.29, 1.82) is 0 Å². The zero-order valence-corrected chi connectivity index (χ0v) is 7.65. The third kappa shape index (κ3) is 2.37. The van der Waals surface area contributed by atoms with Gasteiger partial charge in [-0.05, 0) is 19.1 Å².